The van der Waals surface area contributed by atoms with E-state index in [-0.39, 0.29) is 29.2 Å². The summed E-state index contributed by atoms with van der Waals surface area (Å²) in [5.41, 5.74) is 2.16. The molecule has 6 rings (SSSR count). The number of fused-ring (bicyclic) bond motifs is 5. The van der Waals surface area contributed by atoms with Crippen molar-refractivity contribution in [3.8, 4) is 5.69 Å². The summed E-state index contributed by atoms with van der Waals surface area (Å²) in [6, 6.07) is 20.5. The van der Waals surface area contributed by atoms with Crippen LogP contribution in [-0.4, -0.2) is 45.6 Å². The molecule has 10 heteroatoms. The fraction of sp³-hybridized carbons (Fsp3) is 0.361. The number of carbonyl (C=O) groups excluding carboxylic acids is 3. The van der Waals surface area contributed by atoms with Crippen molar-refractivity contribution < 1.29 is 19.1 Å². The van der Waals surface area contributed by atoms with Gasteiger partial charge in [-0.3, -0.25) is 19.0 Å². The van der Waals surface area contributed by atoms with Crippen LogP contribution in [0.3, 0.4) is 0 Å². The predicted molar refractivity (Wildman–Crippen MR) is 176 cm³/mol. The molecule has 3 amide bonds. The number of nitrogens with zero attached hydrogens (tertiary/aromatic N) is 3. The minimum absolute atomic E-state index is 0.135. The number of benzene rings is 3. The number of para-hydroxylation sites is 3. The van der Waals surface area contributed by atoms with Gasteiger partial charge in [-0.2, -0.15) is 0 Å². The zero-order valence-corrected chi connectivity index (χ0v) is 26.7. The van der Waals surface area contributed by atoms with Gasteiger partial charge in [0.05, 0.1) is 28.2 Å². The lowest BCUT2D eigenvalue weighted by Crippen LogP contribution is -2.50. The van der Waals surface area contributed by atoms with Gasteiger partial charge in [0.15, 0.2) is 0 Å². The SMILES string of the molecule is CC(C)C[C@H](NC(=O)OC(C)(C)C)C(=O)N1CC(CC2NC(=O)c3ccccc3-n3c2nc2ccccc2c3=O)c2ccccc21. The maximum Gasteiger partial charge on any atom is 0.408 e. The molecular formula is C36H39N5O5. The first-order valence-corrected chi connectivity index (χ1v) is 15.7. The third kappa shape index (κ3) is 5.99. The van der Waals surface area contributed by atoms with E-state index in [9.17, 15) is 19.2 Å². The molecule has 0 spiro atoms. The summed E-state index contributed by atoms with van der Waals surface area (Å²) in [7, 11) is 0. The van der Waals surface area contributed by atoms with E-state index in [0.717, 1.165) is 11.3 Å². The van der Waals surface area contributed by atoms with Gasteiger partial charge in [-0.25, -0.2) is 9.78 Å². The molecule has 0 aliphatic carbocycles. The fourth-order valence-electron chi connectivity index (χ4n) is 6.46. The van der Waals surface area contributed by atoms with Crippen LogP contribution < -0.4 is 21.1 Å². The molecule has 2 N–H and O–H groups in total. The van der Waals surface area contributed by atoms with E-state index < -0.39 is 23.8 Å². The van der Waals surface area contributed by atoms with Crippen molar-refractivity contribution >= 4 is 34.5 Å². The Morgan fingerprint density at radius 2 is 1.65 bits per heavy atom. The molecule has 3 atom stereocenters. The van der Waals surface area contributed by atoms with Gasteiger partial charge < -0.3 is 20.3 Å². The van der Waals surface area contributed by atoms with E-state index in [1.54, 1.807) is 72.7 Å². The van der Waals surface area contributed by atoms with Crippen LogP contribution >= 0.6 is 0 Å². The van der Waals surface area contributed by atoms with Gasteiger partial charge in [0.25, 0.3) is 11.5 Å². The maximum absolute atomic E-state index is 14.2. The van der Waals surface area contributed by atoms with Gasteiger partial charge in [0.2, 0.25) is 5.91 Å². The highest BCUT2D eigenvalue weighted by atomic mass is 16.6. The van der Waals surface area contributed by atoms with Crippen LogP contribution in [0.15, 0.2) is 77.6 Å². The maximum atomic E-state index is 14.2. The monoisotopic (exact) mass is 621 g/mol. The molecule has 3 aromatic carbocycles. The Bertz CT molecular complexity index is 1890. The standard InChI is InChI=1S/C36H39N5O5/c1-21(2)18-28(39-35(45)46-36(3,4)5)34(44)40-20-22(23-12-7-10-16-29(23)40)19-27-31-37-26-15-9-6-13-24(26)33(43)41(31)30-17-11-8-14-25(30)32(42)38-27/h6-17,21-22,27-28H,18-20H2,1-5H3,(H,38,42)(H,39,45)/t22?,27?,28-/m0/s1. The number of carbonyl (C=O) groups is 3. The molecule has 238 valence electrons. The molecule has 46 heavy (non-hydrogen) atoms. The van der Waals surface area contributed by atoms with Crippen molar-refractivity contribution in [1.82, 2.24) is 20.2 Å². The molecule has 0 fully saturated rings. The van der Waals surface area contributed by atoms with Crippen LogP contribution in [0.5, 0.6) is 0 Å². The summed E-state index contributed by atoms with van der Waals surface area (Å²) in [6.45, 7) is 9.67. The summed E-state index contributed by atoms with van der Waals surface area (Å²) in [5, 5.41) is 6.42. The Hall–Kier alpha value is -4.99. The van der Waals surface area contributed by atoms with E-state index in [1.807, 2.05) is 44.2 Å². The minimum Gasteiger partial charge on any atom is -0.444 e. The first-order chi connectivity index (χ1) is 21.9. The number of rotatable bonds is 6. The van der Waals surface area contributed by atoms with Crippen molar-refractivity contribution in [2.75, 3.05) is 11.4 Å². The van der Waals surface area contributed by atoms with Crippen molar-refractivity contribution in [1.29, 1.82) is 0 Å². The van der Waals surface area contributed by atoms with Crippen LogP contribution in [0.1, 0.15) is 81.2 Å². The Balaban J connectivity index is 1.36. The average molecular weight is 622 g/mol. The number of nitrogens with one attached hydrogen (secondary N) is 2. The Kier molecular flexibility index (Phi) is 8.14. The van der Waals surface area contributed by atoms with Crippen LogP contribution in [0.25, 0.3) is 16.6 Å². The van der Waals surface area contributed by atoms with Crippen molar-refractivity contribution in [3.05, 3.63) is 100 Å². The second-order valence-corrected chi connectivity index (χ2v) is 13.4. The number of alkyl carbamates (subject to hydrolysis) is 1. The van der Waals surface area contributed by atoms with Crippen LogP contribution in [0, 0.1) is 5.92 Å². The molecule has 4 aromatic rings. The number of hydrogen-bond acceptors (Lipinski definition) is 6. The summed E-state index contributed by atoms with van der Waals surface area (Å²) in [5.74, 6) is -0.144. The molecule has 0 saturated heterocycles. The average Bonchev–Trinajstić information content (AvgIpc) is 3.31. The van der Waals surface area contributed by atoms with E-state index >= 15 is 0 Å². The molecule has 1 aromatic heterocycles. The lowest BCUT2D eigenvalue weighted by molar-refractivity contribution is -0.121. The zero-order chi connectivity index (χ0) is 32.7. The van der Waals surface area contributed by atoms with Crippen LogP contribution in [0.2, 0.25) is 0 Å². The number of aromatic nitrogens is 2. The second kappa shape index (κ2) is 12.1. The van der Waals surface area contributed by atoms with Gasteiger partial charge in [-0.1, -0.05) is 56.3 Å². The largest absolute Gasteiger partial charge is 0.444 e. The van der Waals surface area contributed by atoms with Crippen molar-refractivity contribution in [2.45, 2.75) is 71.1 Å². The number of hydrogen-bond donors (Lipinski definition) is 2. The normalized spacial score (nSPS) is 17.9. The van der Waals surface area contributed by atoms with Gasteiger partial charge in [0, 0.05) is 18.2 Å². The second-order valence-electron chi connectivity index (χ2n) is 13.4. The highest BCUT2D eigenvalue weighted by molar-refractivity contribution is 6.01. The highest BCUT2D eigenvalue weighted by Gasteiger charge is 2.39. The Labute approximate surface area is 267 Å². The number of amides is 3. The Morgan fingerprint density at radius 3 is 2.39 bits per heavy atom. The first-order valence-electron chi connectivity index (χ1n) is 15.7. The zero-order valence-electron chi connectivity index (χ0n) is 26.7. The fourth-order valence-corrected chi connectivity index (χ4v) is 6.46. The van der Waals surface area contributed by atoms with Crippen LogP contribution in [0.4, 0.5) is 10.5 Å². The lowest BCUT2D eigenvalue weighted by Gasteiger charge is -2.28. The quantitative estimate of drug-likeness (QED) is 0.288. The molecule has 2 aliphatic rings. The highest BCUT2D eigenvalue weighted by Crippen LogP contribution is 2.42. The minimum atomic E-state index is -0.791. The van der Waals surface area contributed by atoms with E-state index in [2.05, 4.69) is 10.6 Å². The van der Waals surface area contributed by atoms with Crippen molar-refractivity contribution in [2.24, 2.45) is 5.92 Å². The summed E-state index contributed by atoms with van der Waals surface area (Å²) >= 11 is 0. The molecule has 2 aliphatic heterocycles. The molecular weight excluding hydrogens is 582 g/mol. The van der Waals surface area contributed by atoms with Crippen LogP contribution in [-0.2, 0) is 9.53 Å². The number of ether oxygens (including phenoxy) is 1. The molecule has 0 bridgehead atoms. The molecule has 2 unspecified atom stereocenters. The third-order valence-corrected chi connectivity index (χ3v) is 8.36. The smallest absolute Gasteiger partial charge is 0.408 e. The lowest BCUT2D eigenvalue weighted by atomic mass is 9.93. The topological polar surface area (TPSA) is 123 Å². The van der Waals surface area contributed by atoms with Crippen molar-refractivity contribution in [3.63, 3.8) is 0 Å². The molecule has 0 radical (unpaired) electrons. The van der Waals surface area contributed by atoms with E-state index in [4.69, 9.17) is 9.72 Å². The van der Waals surface area contributed by atoms with E-state index in [0.29, 0.717) is 47.4 Å². The predicted octanol–water partition coefficient (Wildman–Crippen LogP) is 5.63. The number of anilines is 1. The third-order valence-electron chi connectivity index (χ3n) is 8.36. The van der Waals surface area contributed by atoms with Gasteiger partial charge >= 0.3 is 6.09 Å². The summed E-state index contributed by atoms with van der Waals surface area (Å²) in [6.07, 6.45) is 0.183. The van der Waals surface area contributed by atoms with Gasteiger partial charge in [0.1, 0.15) is 17.5 Å². The molecule has 10 nitrogen and oxygen atoms in total. The van der Waals surface area contributed by atoms with E-state index in [1.165, 1.54) is 0 Å². The molecule has 3 heterocycles. The first kappa shape index (κ1) is 31.0. The van der Waals surface area contributed by atoms with Gasteiger partial charge in [-0.15, -0.1) is 0 Å². The summed E-state index contributed by atoms with van der Waals surface area (Å²) in [4.78, 5) is 61.1. The van der Waals surface area contributed by atoms with Gasteiger partial charge in [-0.05, 0) is 75.4 Å². The molecule has 0 saturated carbocycles. The summed E-state index contributed by atoms with van der Waals surface area (Å²) < 4.78 is 7.03. The Morgan fingerprint density at radius 1 is 0.978 bits per heavy atom.